The number of nitriles is 1. The van der Waals surface area contributed by atoms with Crippen LogP contribution in [0.15, 0.2) is 24.3 Å². The van der Waals surface area contributed by atoms with Crippen molar-refractivity contribution >= 4 is 11.7 Å². The summed E-state index contributed by atoms with van der Waals surface area (Å²) in [6.07, 6.45) is 6.08. The lowest BCUT2D eigenvalue weighted by Crippen LogP contribution is -2.47. The predicted molar refractivity (Wildman–Crippen MR) is 92.3 cm³/mol. The maximum absolute atomic E-state index is 12.0. The number of amides is 2. The van der Waals surface area contributed by atoms with Crippen LogP contribution in [0, 0.1) is 11.3 Å². The second-order valence-electron chi connectivity index (χ2n) is 6.06. The van der Waals surface area contributed by atoms with Crippen LogP contribution in [0.1, 0.15) is 44.6 Å². The molecule has 0 bridgehead atoms. The molecule has 1 saturated heterocycles. The van der Waals surface area contributed by atoms with Crippen molar-refractivity contribution in [1.29, 1.82) is 5.26 Å². The molecule has 2 amide bonds. The first kappa shape index (κ1) is 17.3. The first-order valence-corrected chi connectivity index (χ1v) is 8.52. The zero-order chi connectivity index (χ0) is 16.5. The van der Waals surface area contributed by atoms with Crippen molar-refractivity contribution in [1.82, 2.24) is 10.2 Å². The van der Waals surface area contributed by atoms with E-state index in [-0.39, 0.29) is 6.03 Å². The molecule has 0 aromatic heterocycles. The molecule has 0 saturated carbocycles. The van der Waals surface area contributed by atoms with E-state index in [9.17, 15) is 4.79 Å². The molecule has 1 aromatic carbocycles. The molecule has 1 aliphatic rings. The van der Waals surface area contributed by atoms with Gasteiger partial charge in [0.15, 0.2) is 0 Å². The quantitative estimate of drug-likeness (QED) is 0.846. The van der Waals surface area contributed by atoms with Crippen LogP contribution in [-0.4, -0.2) is 36.6 Å². The van der Waals surface area contributed by atoms with E-state index in [1.807, 2.05) is 0 Å². The number of benzene rings is 1. The van der Waals surface area contributed by atoms with E-state index < -0.39 is 0 Å². The zero-order valence-corrected chi connectivity index (χ0v) is 13.8. The maximum Gasteiger partial charge on any atom is 0.319 e. The number of carbonyl (C=O) groups excluding carboxylic acids is 1. The summed E-state index contributed by atoms with van der Waals surface area (Å²) in [4.78, 5) is 14.5. The van der Waals surface area contributed by atoms with Gasteiger partial charge in [0.05, 0.1) is 11.6 Å². The Morgan fingerprint density at radius 2 is 2.13 bits per heavy atom. The molecule has 1 atom stereocenters. The van der Waals surface area contributed by atoms with Gasteiger partial charge in [0.25, 0.3) is 0 Å². The SMILES string of the molecule is CCCCN1CCCCC1CNC(=O)Nc1ccc(C#N)cc1. The second-order valence-corrected chi connectivity index (χ2v) is 6.06. The molecule has 5 heteroatoms. The van der Waals surface area contributed by atoms with Gasteiger partial charge in [-0.05, 0) is 56.6 Å². The topological polar surface area (TPSA) is 68.2 Å². The highest BCUT2D eigenvalue weighted by molar-refractivity contribution is 5.89. The number of piperidine rings is 1. The lowest BCUT2D eigenvalue weighted by atomic mass is 10.0. The summed E-state index contributed by atoms with van der Waals surface area (Å²) in [7, 11) is 0. The Hall–Kier alpha value is -2.06. The number of nitrogens with zero attached hydrogens (tertiary/aromatic N) is 2. The minimum absolute atomic E-state index is 0.185. The van der Waals surface area contributed by atoms with Crippen LogP contribution in [-0.2, 0) is 0 Å². The Labute approximate surface area is 138 Å². The van der Waals surface area contributed by atoms with Crippen LogP contribution < -0.4 is 10.6 Å². The normalized spacial score (nSPS) is 18.2. The van der Waals surface area contributed by atoms with Gasteiger partial charge in [0, 0.05) is 18.3 Å². The molecule has 0 radical (unpaired) electrons. The molecule has 124 valence electrons. The highest BCUT2D eigenvalue weighted by atomic mass is 16.2. The summed E-state index contributed by atoms with van der Waals surface area (Å²) in [5, 5.41) is 14.6. The molecule has 1 unspecified atom stereocenters. The molecule has 1 aliphatic heterocycles. The zero-order valence-electron chi connectivity index (χ0n) is 13.8. The van der Waals surface area contributed by atoms with E-state index >= 15 is 0 Å². The van der Waals surface area contributed by atoms with E-state index in [0.717, 1.165) is 19.5 Å². The first-order valence-electron chi connectivity index (χ1n) is 8.52. The maximum atomic E-state index is 12.0. The van der Waals surface area contributed by atoms with Crippen LogP contribution in [0.4, 0.5) is 10.5 Å². The van der Waals surface area contributed by atoms with Crippen molar-refractivity contribution in [2.75, 3.05) is 25.0 Å². The van der Waals surface area contributed by atoms with Gasteiger partial charge in [-0.2, -0.15) is 5.26 Å². The van der Waals surface area contributed by atoms with Gasteiger partial charge in [0.1, 0.15) is 0 Å². The summed E-state index contributed by atoms with van der Waals surface area (Å²) < 4.78 is 0. The summed E-state index contributed by atoms with van der Waals surface area (Å²) in [5.74, 6) is 0. The van der Waals surface area contributed by atoms with Crippen LogP contribution >= 0.6 is 0 Å². The van der Waals surface area contributed by atoms with E-state index in [1.54, 1.807) is 24.3 Å². The summed E-state index contributed by atoms with van der Waals surface area (Å²) in [5.41, 5.74) is 1.29. The molecule has 1 fully saturated rings. The van der Waals surface area contributed by atoms with Gasteiger partial charge >= 0.3 is 6.03 Å². The van der Waals surface area contributed by atoms with Crippen molar-refractivity contribution in [2.45, 2.75) is 45.1 Å². The third kappa shape index (κ3) is 5.57. The number of likely N-dealkylation sites (tertiary alicyclic amines) is 1. The van der Waals surface area contributed by atoms with Gasteiger partial charge in [-0.15, -0.1) is 0 Å². The Kier molecular flexibility index (Phi) is 6.89. The highest BCUT2D eigenvalue weighted by Gasteiger charge is 2.22. The Balaban J connectivity index is 1.78. The summed E-state index contributed by atoms with van der Waals surface area (Å²) in [6, 6.07) is 9.21. The van der Waals surface area contributed by atoms with E-state index in [0.29, 0.717) is 23.8 Å². The number of urea groups is 1. The average molecular weight is 314 g/mol. The standard InChI is InChI=1S/C18H26N4O/c1-2-3-11-22-12-5-4-6-17(22)14-20-18(23)21-16-9-7-15(13-19)8-10-16/h7-10,17H,2-6,11-12,14H2,1H3,(H2,20,21,23). The molecule has 0 spiro atoms. The Bertz CT molecular complexity index is 535. The lowest BCUT2D eigenvalue weighted by Gasteiger charge is -2.35. The number of carbonyl (C=O) groups is 1. The largest absolute Gasteiger partial charge is 0.336 e. The van der Waals surface area contributed by atoms with Gasteiger partial charge in [-0.25, -0.2) is 4.79 Å². The molecule has 23 heavy (non-hydrogen) atoms. The van der Waals surface area contributed by atoms with Crippen molar-refractivity contribution in [3.05, 3.63) is 29.8 Å². The van der Waals surface area contributed by atoms with Crippen LogP contribution in [0.25, 0.3) is 0 Å². The fraction of sp³-hybridized carbons (Fsp3) is 0.556. The number of unbranched alkanes of at least 4 members (excludes halogenated alkanes) is 1. The monoisotopic (exact) mass is 314 g/mol. The summed E-state index contributed by atoms with van der Waals surface area (Å²) in [6.45, 7) is 5.16. The van der Waals surface area contributed by atoms with E-state index in [1.165, 1.54) is 25.7 Å². The van der Waals surface area contributed by atoms with E-state index in [4.69, 9.17) is 5.26 Å². The van der Waals surface area contributed by atoms with Crippen LogP contribution in [0.5, 0.6) is 0 Å². The molecule has 1 heterocycles. The molecular weight excluding hydrogens is 288 g/mol. The lowest BCUT2D eigenvalue weighted by molar-refractivity contribution is 0.145. The molecule has 0 aliphatic carbocycles. The average Bonchev–Trinajstić information content (AvgIpc) is 2.59. The number of rotatable bonds is 6. The third-order valence-corrected chi connectivity index (χ3v) is 4.32. The second kappa shape index (κ2) is 9.16. The molecule has 1 aromatic rings. The summed E-state index contributed by atoms with van der Waals surface area (Å²) >= 11 is 0. The van der Waals surface area contributed by atoms with Crippen LogP contribution in [0.2, 0.25) is 0 Å². The minimum Gasteiger partial charge on any atom is -0.336 e. The van der Waals surface area contributed by atoms with Crippen molar-refractivity contribution in [2.24, 2.45) is 0 Å². The highest BCUT2D eigenvalue weighted by Crippen LogP contribution is 2.17. The first-order chi connectivity index (χ1) is 11.2. The predicted octanol–water partition coefficient (Wildman–Crippen LogP) is 3.33. The molecule has 2 rings (SSSR count). The molecule has 2 N–H and O–H groups in total. The van der Waals surface area contributed by atoms with Crippen molar-refractivity contribution in [3.8, 4) is 6.07 Å². The van der Waals surface area contributed by atoms with E-state index in [2.05, 4.69) is 28.5 Å². The fourth-order valence-corrected chi connectivity index (χ4v) is 2.96. The third-order valence-electron chi connectivity index (χ3n) is 4.32. The Morgan fingerprint density at radius 3 is 2.83 bits per heavy atom. The fourth-order valence-electron chi connectivity index (χ4n) is 2.96. The molecule has 5 nitrogen and oxygen atoms in total. The molecular formula is C18H26N4O. The number of nitrogens with one attached hydrogen (secondary N) is 2. The Morgan fingerprint density at radius 1 is 1.35 bits per heavy atom. The van der Waals surface area contributed by atoms with Crippen molar-refractivity contribution < 1.29 is 4.79 Å². The number of anilines is 1. The van der Waals surface area contributed by atoms with Gasteiger partial charge < -0.3 is 10.6 Å². The van der Waals surface area contributed by atoms with Gasteiger partial charge in [-0.3, -0.25) is 4.90 Å². The minimum atomic E-state index is -0.185. The number of hydrogen-bond donors (Lipinski definition) is 2. The van der Waals surface area contributed by atoms with Gasteiger partial charge in [0.2, 0.25) is 0 Å². The van der Waals surface area contributed by atoms with Gasteiger partial charge in [-0.1, -0.05) is 19.8 Å². The van der Waals surface area contributed by atoms with Crippen molar-refractivity contribution in [3.63, 3.8) is 0 Å². The van der Waals surface area contributed by atoms with Crippen LogP contribution in [0.3, 0.4) is 0 Å². The number of hydrogen-bond acceptors (Lipinski definition) is 3. The smallest absolute Gasteiger partial charge is 0.319 e.